The lowest BCUT2D eigenvalue weighted by Gasteiger charge is -2.32. The highest BCUT2D eigenvalue weighted by Gasteiger charge is 2.31. The molecule has 0 fully saturated rings. The molecule has 31 heavy (non-hydrogen) atoms. The van der Waals surface area contributed by atoms with Gasteiger partial charge < -0.3 is 15.0 Å². The van der Waals surface area contributed by atoms with Crippen molar-refractivity contribution in [3.05, 3.63) is 90.0 Å². The second-order valence-corrected chi connectivity index (χ2v) is 7.29. The summed E-state index contributed by atoms with van der Waals surface area (Å²) in [5, 5.41) is 2.82. The summed E-state index contributed by atoms with van der Waals surface area (Å²) in [7, 11) is 0. The van der Waals surface area contributed by atoms with E-state index in [0.29, 0.717) is 28.3 Å². The van der Waals surface area contributed by atoms with Crippen molar-refractivity contribution in [3.63, 3.8) is 0 Å². The van der Waals surface area contributed by atoms with E-state index in [1.54, 1.807) is 60.4 Å². The van der Waals surface area contributed by atoms with E-state index < -0.39 is 6.10 Å². The molecule has 4 rings (SSSR count). The Morgan fingerprint density at radius 2 is 1.65 bits per heavy atom. The molecule has 3 aromatic rings. The fourth-order valence-corrected chi connectivity index (χ4v) is 3.52. The highest BCUT2D eigenvalue weighted by Crippen LogP contribution is 2.33. The van der Waals surface area contributed by atoms with E-state index in [2.05, 4.69) is 5.32 Å². The Hall–Kier alpha value is -3.93. The molecule has 3 aromatic carbocycles. The van der Waals surface area contributed by atoms with E-state index in [9.17, 15) is 14.4 Å². The zero-order chi connectivity index (χ0) is 21.8. The van der Waals surface area contributed by atoms with Crippen molar-refractivity contribution in [2.24, 2.45) is 0 Å². The van der Waals surface area contributed by atoms with Gasteiger partial charge in [0.25, 0.3) is 5.91 Å². The Bertz CT molecular complexity index is 1130. The number of hydrogen-bond donors (Lipinski definition) is 1. The maximum Gasteiger partial charge on any atom is 0.267 e. The largest absolute Gasteiger partial charge is 0.479 e. The first-order valence-corrected chi connectivity index (χ1v) is 10.1. The van der Waals surface area contributed by atoms with Crippen LogP contribution < -0.4 is 15.0 Å². The lowest BCUT2D eigenvalue weighted by Crippen LogP contribution is -2.45. The van der Waals surface area contributed by atoms with Gasteiger partial charge in [0.15, 0.2) is 11.9 Å². The minimum Gasteiger partial charge on any atom is -0.479 e. The van der Waals surface area contributed by atoms with Crippen LogP contribution in [-0.4, -0.2) is 30.2 Å². The number of rotatable bonds is 6. The van der Waals surface area contributed by atoms with Crippen molar-refractivity contribution < 1.29 is 19.1 Å². The molecule has 0 aliphatic carbocycles. The topological polar surface area (TPSA) is 75.7 Å². The Morgan fingerprint density at radius 1 is 0.935 bits per heavy atom. The first kappa shape index (κ1) is 20.3. The maximum atomic E-state index is 12.6. The number of carbonyl (C=O) groups excluding carboxylic acids is 3. The Kier molecular flexibility index (Phi) is 5.80. The normalized spacial score (nSPS) is 15.1. The molecule has 6 heteroatoms. The Morgan fingerprint density at radius 3 is 2.45 bits per heavy atom. The number of benzene rings is 3. The predicted octanol–water partition coefficient (Wildman–Crippen LogP) is 4.06. The molecule has 0 bridgehead atoms. The van der Waals surface area contributed by atoms with Gasteiger partial charge in [-0.3, -0.25) is 14.4 Å². The first-order valence-electron chi connectivity index (χ1n) is 10.1. The molecular weight excluding hydrogens is 392 g/mol. The van der Waals surface area contributed by atoms with Crippen LogP contribution in [0.1, 0.15) is 29.3 Å². The van der Waals surface area contributed by atoms with Gasteiger partial charge in [0.1, 0.15) is 5.75 Å². The van der Waals surface area contributed by atoms with Crippen LogP contribution in [0.5, 0.6) is 5.75 Å². The molecule has 1 atom stereocenters. The summed E-state index contributed by atoms with van der Waals surface area (Å²) in [4.78, 5) is 39.3. The summed E-state index contributed by atoms with van der Waals surface area (Å²) in [6.45, 7) is 1.93. The number of nitrogens with zero attached hydrogens (tertiary/aromatic N) is 1. The first-order chi connectivity index (χ1) is 15.0. The lowest BCUT2D eigenvalue weighted by molar-refractivity contribution is -0.125. The number of amides is 2. The van der Waals surface area contributed by atoms with Crippen LogP contribution in [0.3, 0.4) is 0 Å². The molecule has 0 radical (unpaired) electrons. The van der Waals surface area contributed by atoms with Crippen molar-refractivity contribution in [3.8, 4) is 5.75 Å². The van der Waals surface area contributed by atoms with Crippen molar-refractivity contribution >= 4 is 29.0 Å². The minimum absolute atomic E-state index is 0.110. The molecule has 2 amide bonds. The summed E-state index contributed by atoms with van der Waals surface area (Å²) in [5.74, 6) is 0.0963. The van der Waals surface area contributed by atoms with Crippen LogP contribution in [0, 0.1) is 0 Å². The second-order valence-electron chi connectivity index (χ2n) is 7.29. The summed E-state index contributed by atoms with van der Waals surface area (Å²) < 4.78 is 5.63. The van der Waals surface area contributed by atoms with Gasteiger partial charge in [0.2, 0.25) is 5.91 Å². The van der Waals surface area contributed by atoms with Crippen LogP contribution in [0.25, 0.3) is 0 Å². The lowest BCUT2D eigenvalue weighted by atomic mass is 10.0. The van der Waals surface area contributed by atoms with Crippen LogP contribution >= 0.6 is 0 Å². The standard InChI is InChI=1S/C25H22N2O4/c1-17-25(30)27(21-12-5-6-13-22(21)31-17)15-14-23(28)26-20-11-7-10-19(16-20)24(29)18-8-3-2-4-9-18/h2-13,16-17H,14-15H2,1H3,(H,26,28). The molecule has 0 aromatic heterocycles. The quantitative estimate of drug-likeness (QED) is 0.617. The van der Waals surface area contributed by atoms with Crippen molar-refractivity contribution in [2.45, 2.75) is 19.4 Å². The molecule has 0 saturated carbocycles. The van der Waals surface area contributed by atoms with Crippen LogP contribution in [0.2, 0.25) is 0 Å². The van der Waals surface area contributed by atoms with E-state index in [1.165, 1.54) is 0 Å². The third-order valence-electron chi connectivity index (χ3n) is 5.08. The molecule has 156 valence electrons. The molecule has 1 aliphatic heterocycles. The van der Waals surface area contributed by atoms with Gasteiger partial charge in [-0.15, -0.1) is 0 Å². The second kappa shape index (κ2) is 8.83. The average molecular weight is 414 g/mol. The SMILES string of the molecule is CC1Oc2ccccc2N(CCC(=O)Nc2cccc(C(=O)c3ccccc3)c2)C1=O. The molecule has 1 N–H and O–H groups in total. The molecule has 0 saturated heterocycles. The number of hydrogen-bond acceptors (Lipinski definition) is 4. The van der Waals surface area contributed by atoms with Gasteiger partial charge in [-0.25, -0.2) is 0 Å². The fourth-order valence-electron chi connectivity index (χ4n) is 3.52. The maximum absolute atomic E-state index is 12.6. The van der Waals surface area contributed by atoms with Crippen LogP contribution in [0.4, 0.5) is 11.4 Å². The molecule has 1 aliphatic rings. The van der Waals surface area contributed by atoms with Gasteiger partial charge in [0, 0.05) is 29.8 Å². The molecular formula is C25H22N2O4. The van der Waals surface area contributed by atoms with Crippen molar-refractivity contribution in [1.29, 1.82) is 0 Å². The van der Waals surface area contributed by atoms with E-state index in [0.717, 1.165) is 0 Å². The number of anilines is 2. The van der Waals surface area contributed by atoms with E-state index >= 15 is 0 Å². The third kappa shape index (κ3) is 4.48. The Balaban J connectivity index is 1.42. The van der Waals surface area contributed by atoms with Crippen LogP contribution in [0.15, 0.2) is 78.9 Å². The predicted molar refractivity (Wildman–Crippen MR) is 118 cm³/mol. The number of para-hydroxylation sites is 2. The van der Waals surface area contributed by atoms with Gasteiger partial charge in [-0.2, -0.15) is 0 Å². The van der Waals surface area contributed by atoms with Crippen molar-refractivity contribution in [2.75, 3.05) is 16.8 Å². The molecule has 0 spiro atoms. The Labute approximate surface area is 180 Å². The number of ether oxygens (including phenoxy) is 1. The highest BCUT2D eigenvalue weighted by atomic mass is 16.5. The van der Waals surface area contributed by atoms with Gasteiger partial charge in [-0.1, -0.05) is 54.6 Å². The monoisotopic (exact) mass is 414 g/mol. The zero-order valence-electron chi connectivity index (χ0n) is 17.1. The van der Waals surface area contributed by atoms with Gasteiger partial charge >= 0.3 is 0 Å². The fraction of sp³-hybridized carbons (Fsp3) is 0.160. The summed E-state index contributed by atoms with van der Waals surface area (Å²) >= 11 is 0. The summed E-state index contributed by atoms with van der Waals surface area (Å²) in [6, 6.07) is 23.1. The minimum atomic E-state index is -0.598. The number of fused-ring (bicyclic) bond motifs is 1. The van der Waals surface area contributed by atoms with E-state index in [1.807, 2.05) is 30.3 Å². The molecule has 6 nitrogen and oxygen atoms in total. The van der Waals surface area contributed by atoms with Crippen molar-refractivity contribution in [1.82, 2.24) is 0 Å². The number of carbonyl (C=O) groups is 3. The molecule has 1 heterocycles. The number of nitrogens with one attached hydrogen (secondary N) is 1. The zero-order valence-corrected chi connectivity index (χ0v) is 17.1. The summed E-state index contributed by atoms with van der Waals surface area (Å²) in [6.07, 6.45) is -0.484. The summed E-state index contributed by atoms with van der Waals surface area (Å²) in [5.41, 5.74) is 2.28. The smallest absolute Gasteiger partial charge is 0.267 e. The van der Waals surface area contributed by atoms with Crippen LogP contribution in [-0.2, 0) is 9.59 Å². The molecule has 1 unspecified atom stereocenters. The highest BCUT2D eigenvalue weighted by molar-refractivity contribution is 6.09. The number of ketones is 1. The van der Waals surface area contributed by atoms with Gasteiger partial charge in [-0.05, 0) is 31.2 Å². The van der Waals surface area contributed by atoms with E-state index in [4.69, 9.17) is 4.74 Å². The van der Waals surface area contributed by atoms with Gasteiger partial charge in [0.05, 0.1) is 5.69 Å². The average Bonchev–Trinajstić information content (AvgIpc) is 2.79. The van der Waals surface area contributed by atoms with E-state index in [-0.39, 0.29) is 30.6 Å². The third-order valence-corrected chi connectivity index (χ3v) is 5.08.